The fourth-order valence-corrected chi connectivity index (χ4v) is 3.03. The molecule has 2 aliphatic heterocycles. The van der Waals surface area contributed by atoms with Crippen LogP contribution in [0.15, 0.2) is 18.2 Å². The molecular weight excluding hydrogens is 265 g/mol. The smallest absolute Gasteiger partial charge is 0.282 e. The summed E-state index contributed by atoms with van der Waals surface area (Å²) in [6.45, 7) is 2.87. The van der Waals surface area contributed by atoms with Crippen LogP contribution in [0, 0.1) is 27.8 Å². The number of halogens is 1. The van der Waals surface area contributed by atoms with E-state index in [1.54, 1.807) is 4.90 Å². The molecule has 106 valence electrons. The number of likely N-dealkylation sites (tertiary alicyclic amines) is 1. The van der Waals surface area contributed by atoms with Gasteiger partial charge in [-0.25, -0.2) is 4.39 Å². The van der Waals surface area contributed by atoms with E-state index in [0.29, 0.717) is 24.9 Å². The van der Waals surface area contributed by atoms with Crippen LogP contribution in [0.5, 0.6) is 0 Å². The van der Waals surface area contributed by atoms with E-state index in [1.807, 2.05) is 0 Å². The molecule has 2 heterocycles. The van der Waals surface area contributed by atoms with Gasteiger partial charge >= 0.3 is 0 Å². The fraction of sp³-hybridized carbons (Fsp3) is 0.462. The van der Waals surface area contributed by atoms with Crippen LogP contribution >= 0.6 is 0 Å². The van der Waals surface area contributed by atoms with E-state index >= 15 is 0 Å². The molecule has 1 aromatic rings. The van der Waals surface area contributed by atoms with Crippen LogP contribution in [-0.2, 0) is 0 Å². The van der Waals surface area contributed by atoms with Gasteiger partial charge in [-0.15, -0.1) is 0 Å². The van der Waals surface area contributed by atoms with Crippen molar-refractivity contribution in [1.82, 2.24) is 10.2 Å². The van der Waals surface area contributed by atoms with Crippen molar-refractivity contribution in [2.75, 3.05) is 26.2 Å². The van der Waals surface area contributed by atoms with E-state index < -0.39 is 16.6 Å². The highest BCUT2D eigenvalue weighted by molar-refractivity contribution is 5.98. The summed E-state index contributed by atoms with van der Waals surface area (Å²) in [5.74, 6) is -0.302. The second kappa shape index (κ2) is 4.82. The van der Waals surface area contributed by atoms with Crippen LogP contribution in [-0.4, -0.2) is 41.9 Å². The summed E-state index contributed by atoms with van der Waals surface area (Å²) in [5, 5.41) is 14.2. The number of carbonyl (C=O) groups excluding carboxylic acids is 1. The van der Waals surface area contributed by atoms with Crippen molar-refractivity contribution in [3.8, 4) is 0 Å². The van der Waals surface area contributed by atoms with Crippen molar-refractivity contribution >= 4 is 11.6 Å². The van der Waals surface area contributed by atoms with E-state index in [4.69, 9.17) is 0 Å². The molecule has 2 atom stereocenters. The van der Waals surface area contributed by atoms with Gasteiger partial charge in [0, 0.05) is 32.2 Å². The highest BCUT2D eigenvalue weighted by Gasteiger charge is 2.39. The standard InChI is InChI=1S/C13H14FN3O3/c14-10-1-2-12(17(19)20)11(3-10)13(18)16-6-8-4-15-5-9(8)7-16/h1-3,8-9,15H,4-7H2. The predicted octanol–water partition coefficient (Wildman–Crippen LogP) is 1.03. The summed E-state index contributed by atoms with van der Waals surface area (Å²) in [7, 11) is 0. The molecule has 3 rings (SSSR count). The van der Waals surface area contributed by atoms with Crippen LogP contribution in [0.3, 0.4) is 0 Å². The van der Waals surface area contributed by atoms with Gasteiger partial charge in [0.2, 0.25) is 0 Å². The molecule has 0 aromatic heterocycles. The molecule has 1 aromatic carbocycles. The molecule has 0 spiro atoms. The number of benzene rings is 1. The Morgan fingerprint density at radius 3 is 2.60 bits per heavy atom. The first-order valence-electron chi connectivity index (χ1n) is 6.50. The Morgan fingerprint density at radius 1 is 1.35 bits per heavy atom. The minimum Gasteiger partial charge on any atom is -0.338 e. The van der Waals surface area contributed by atoms with Crippen molar-refractivity contribution in [2.45, 2.75) is 0 Å². The lowest BCUT2D eigenvalue weighted by molar-refractivity contribution is -0.385. The first-order valence-corrected chi connectivity index (χ1v) is 6.50. The second-order valence-electron chi connectivity index (χ2n) is 5.31. The fourth-order valence-electron chi connectivity index (χ4n) is 3.03. The third-order valence-electron chi connectivity index (χ3n) is 4.06. The maximum Gasteiger partial charge on any atom is 0.282 e. The molecule has 1 amide bonds. The summed E-state index contributed by atoms with van der Waals surface area (Å²) in [6.07, 6.45) is 0. The third kappa shape index (κ3) is 2.14. The number of nitro groups is 1. The lowest BCUT2D eigenvalue weighted by Gasteiger charge is -2.17. The predicted molar refractivity (Wildman–Crippen MR) is 68.8 cm³/mol. The van der Waals surface area contributed by atoms with Crippen molar-refractivity contribution in [3.63, 3.8) is 0 Å². The van der Waals surface area contributed by atoms with Gasteiger partial charge < -0.3 is 10.2 Å². The largest absolute Gasteiger partial charge is 0.338 e. The number of hydrogen-bond donors (Lipinski definition) is 1. The summed E-state index contributed by atoms with van der Waals surface area (Å²) < 4.78 is 13.3. The summed E-state index contributed by atoms with van der Waals surface area (Å²) in [6, 6.07) is 2.99. The van der Waals surface area contributed by atoms with Crippen molar-refractivity contribution in [3.05, 3.63) is 39.7 Å². The first kappa shape index (κ1) is 13.0. The number of carbonyl (C=O) groups is 1. The molecule has 0 bridgehead atoms. The minimum absolute atomic E-state index is 0.164. The molecule has 2 aliphatic rings. The number of amides is 1. The normalized spacial score (nSPS) is 24.8. The highest BCUT2D eigenvalue weighted by Crippen LogP contribution is 2.29. The molecule has 0 aliphatic carbocycles. The minimum atomic E-state index is -0.648. The van der Waals surface area contributed by atoms with Gasteiger partial charge in [-0.05, 0) is 24.0 Å². The third-order valence-corrected chi connectivity index (χ3v) is 4.06. The van der Waals surface area contributed by atoms with Crippen LogP contribution in [0.1, 0.15) is 10.4 Å². The summed E-state index contributed by atoms with van der Waals surface area (Å²) in [5.41, 5.74) is -0.505. The second-order valence-corrected chi connectivity index (χ2v) is 5.31. The molecule has 6 nitrogen and oxygen atoms in total. The van der Waals surface area contributed by atoms with E-state index in [2.05, 4.69) is 5.32 Å². The molecule has 2 fully saturated rings. The molecule has 1 N–H and O–H groups in total. The first-order chi connectivity index (χ1) is 9.56. The van der Waals surface area contributed by atoms with Gasteiger partial charge in [-0.1, -0.05) is 0 Å². The molecule has 20 heavy (non-hydrogen) atoms. The Hall–Kier alpha value is -2.02. The zero-order valence-electron chi connectivity index (χ0n) is 10.7. The Morgan fingerprint density at radius 2 is 2.00 bits per heavy atom. The number of fused-ring (bicyclic) bond motifs is 1. The Labute approximate surface area is 114 Å². The zero-order valence-corrected chi connectivity index (χ0v) is 10.7. The maximum atomic E-state index is 13.3. The molecule has 0 radical (unpaired) electrons. The average molecular weight is 279 g/mol. The van der Waals surface area contributed by atoms with E-state index in [0.717, 1.165) is 31.3 Å². The molecular formula is C13H14FN3O3. The van der Waals surface area contributed by atoms with Gasteiger partial charge in [-0.3, -0.25) is 14.9 Å². The number of hydrogen-bond acceptors (Lipinski definition) is 4. The van der Waals surface area contributed by atoms with Crippen molar-refractivity contribution in [2.24, 2.45) is 11.8 Å². The SMILES string of the molecule is O=C(c1cc(F)ccc1[N+](=O)[O-])N1CC2CNCC2C1. The molecule has 2 unspecified atom stereocenters. The van der Waals surface area contributed by atoms with Crippen LogP contribution < -0.4 is 5.32 Å². The molecule has 2 saturated heterocycles. The van der Waals surface area contributed by atoms with Gasteiger partial charge in [0.1, 0.15) is 11.4 Å². The number of nitro benzene ring substituents is 1. The Kier molecular flexibility index (Phi) is 3.13. The quantitative estimate of drug-likeness (QED) is 0.648. The monoisotopic (exact) mass is 279 g/mol. The summed E-state index contributed by atoms with van der Waals surface area (Å²) >= 11 is 0. The zero-order chi connectivity index (χ0) is 14.3. The van der Waals surface area contributed by atoms with Gasteiger partial charge in [0.25, 0.3) is 11.6 Å². The maximum absolute atomic E-state index is 13.3. The average Bonchev–Trinajstić information content (AvgIpc) is 2.97. The lowest BCUT2D eigenvalue weighted by atomic mass is 10.0. The van der Waals surface area contributed by atoms with E-state index in [-0.39, 0.29) is 11.3 Å². The Balaban J connectivity index is 1.87. The number of rotatable bonds is 2. The van der Waals surface area contributed by atoms with E-state index in [1.165, 1.54) is 0 Å². The topological polar surface area (TPSA) is 75.5 Å². The lowest BCUT2D eigenvalue weighted by Crippen LogP contribution is -2.32. The molecule has 0 saturated carbocycles. The molecule has 7 heteroatoms. The Bertz CT molecular complexity index is 566. The van der Waals surface area contributed by atoms with Gasteiger partial charge in [0.15, 0.2) is 0 Å². The highest BCUT2D eigenvalue weighted by atomic mass is 19.1. The van der Waals surface area contributed by atoms with Gasteiger partial charge in [0.05, 0.1) is 4.92 Å². The van der Waals surface area contributed by atoms with Crippen molar-refractivity contribution < 1.29 is 14.1 Å². The van der Waals surface area contributed by atoms with Crippen LogP contribution in [0.25, 0.3) is 0 Å². The summed E-state index contributed by atoms with van der Waals surface area (Å²) in [4.78, 5) is 24.3. The van der Waals surface area contributed by atoms with Crippen LogP contribution in [0.4, 0.5) is 10.1 Å². The van der Waals surface area contributed by atoms with Crippen molar-refractivity contribution in [1.29, 1.82) is 0 Å². The number of nitrogens with zero attached hydrogens (tertiary/aromatic N) is 2. The van der Waals surface area contributed by atoms with Crippen LogP contribution in [0.2, 0.25) is 0 Å². The van der Waals surface area contributed by atoms with Gasteiger partial charge in [-0.2, -0.15) is 0 Å². The number of nitrogens with one attached hydrogen (secondary N) is 1. The van der Waals surface area contributed by atoms with E-state index in [9.17, 15) is 19.3 Å².